The molecule has 0 radical (unpaired) electrons. The van der Waals surface area contributed by atoms with Gasteiger partial charge in [-0.25, -0.2) is 9.38 Å². The zero-order chi connectivity index (χ0) is 19.6. The predicted molar refractivity (Wildman–Crippen MR) is 106 cm³/mol. The van der Waals surface area contributed by atoms with Gasteiger partial charge in [0.25, 0.3) is 0 Å². The van der Waals surface area contributed by atoms with E-state index < -0.39 is 6.86 Å². The molecular weight excluding hydrogens is 347 g/mol. The maximum Gasteiger partial charge on any atom is 0.246 e. The number of benzene rings is 1. The van der Waals surface area contributed by atoms with Crippen molar-refractivity contribution in [3.05, 3.63) is 61.5 Å². The number of alkyl halides is 1. The van der Waals surface area contributed by atoms with Gasteiger partial charge < -0.3 is 19.9 Å². The molecule has 144 valence electrons. The Labute approximate surface area is 159 Å². The first-order valence-corrected chi connectivity index (χ1v) is 8.69. The second-order valence-electron chi connectivity index (χ2n) is 5.83. The average Bonchev–Trinajstić information content (AvgIpc) is 2.70. The lowest BCUT2D eigenvalue weighted by Gasteiger charge is -2.36. The summed E-state index contributed by atoms with van der Waals surface area (Å²) in [5.74, 6) is 1.11. The molecule has 6 nitrogen and oxygen atoms in total. The van der Waals surface area contributed by atoms with Gasteiger partial charge in [-0.1, -0.05) is 19.2 Å². The van der Waals surface area contributed by atoms with Crippen molar-refractivity contribution in [3.8, 4) is 5.75 Å². The fraction of sp³-hybridized carbons (Fsp3) is 0.300. The van der Waals surface area contributed by atoms with Crippen LogP contribution in [-0.2, 0) is 4.79 Å². The first-order chi connectivity index (χ1) is 13.1. The van der Waals surface area contributed by atoms with E-state index in [4.69, 9.17) is 4.74 Å². The van der Waals surface area contributed by atoms with Gasteiger partial charge in [0.15, 0.2) is 5.84 Å². The summed E-state index contributed by atoms with van der Waals surface area (Å²) in [5, 5.41) is 3.22. The van der Waals surface area contributed by atoms with Gasteiger partial charge in [-0.15, -0.1) is 0 Å². The highest BCUT2D eigenvalue weighted by Crippen LogP contribution is 2.18. The molecule has 1 fully saturated rings. The number of amidine groups is 1. The minimum Gasteiger partial charge on any atom is -0.463 e. The Bertz CT molecular complexity index is 720. The monoisotopic (exact) mass is 372 g/mol. The van der Waals surface area contributed by atoms with Crippen molar-refractivity contribution in [2.45, 2.75) is 6.92 Å². The molecule has 1 aromatic carbocycles. The molecule has 1 N–H and O–H groups in total. The van der Waals surface area contributed by atoms with E-state index in [-0.39, 0.29) is 5.91 Å². The number of hydrogen-bond acceptors (Lipinski definition) is 4. The first-order valence-electron chi connectivity index (χ1n) is 8.69. The summed E-state index contributed by atoms with van der Waals surface area (Å²) in [5.41, 5.74) is 1.43. The number of halogens is 1. The Balaban J connectivity index is 2.06. The maximum atomic E-state index is 12.2. The Morgan fingerprint density at radius 1 is 1.26 bits per heavy atom. The zero-order valence-electron chi connectivity index (χ0n) is 15.5. The molecule has 1 aliphatic heterocycles. The topological polar surface area (TPSA) is 57.2 Å². The van der Waals surface area contributed by atoms with Crippen molar-refractivity contribution in [3.63, 3.8) is 0 Å². The van der Waals surface area contributed by atoms with Gasteiger partial charge in [0.2, 0.25) is 12.8 Å². The summed E-state index contributed by atoms with van der Waals surface area (Å²) in [4.78, 5) is 20.1. The highest BCUT2D eigenvalue weighted by atomic mass is 19.1. The van der Waals surface area contributed by atoms with Gasteiger partial charge in [-0.05, 0) is 37.3 Å². The second kappa shape index (κ2) is 10.2. The smallest absolute Gasteiger partial charge is 0.246 e. The highest BCUT2D eigenvalue weighted by Gasteiger charge is 2.23. The van der Waals surface area contributed by atoms with Gasteiger partial charge in [-0.2, -0.15) is 0 Å². The van der Waals surface area contributed by atoms with Gasteiger partial charge in [-0.3, -0.25) is 4.79 Å². The van der Waals surface area contributed by atoms with Gasteiger partial charge in [0.05, 0.1) is 5.70 Å². The maximum absolute atomic E-state index is 12.2. The van der Waals surface area contributed by atoms with E-state index in [2.05, 4.69) is 28.4 Å². The predicted octanol–water partition coefficient (Wildman–Crippen LogP) is 3.18. The summed E-state index contributed by atoms with van der Waals surface area (Å²) in [6.07, 6.45) is 4.89. The third-order valence-corrected chi connectivity index (χ3v) is 4.05. The number of nitrogens with zero attached hydrogens (tertiary/aromatic N) is 3. The van der Waals surface area contributed by atoms with Crippen LogP contribution in [0.2, 0.25) is 0 Å². The standard InChI is InChI=1S/C20H25FN4O2/c1-4-10-22-20(25-13-11-24(12-14-25)19(26)5-2)16(3)23-17-6-8-18(9-7-17)27-15-21/h4-10,23H,2-3,11-15H2,1H3/b10-4-,22-20+. The van der Waals surface area contributed by atoms with Crippen LogP contribution in [0.1, 0.15) is 6.92 Å². The van der Waals surface area contributed by atoms with Crippen LogP contribution in [0.25, 0.3) is 0 Å². The normalized spacial score (nSPS) is 15.0. The third kappa shape index (κ3) is 5.70. The molecule has 0 bridgehead atoms. The molecule has 0 saturated carbocycles. The van der Waals surface area contributed by atoms with Crippen LogP contribution in [0.15, 0.2) is 66.5 Å². The summed E-state index contributed by atoms with van der Waals surface area (Å²) in [6, 6.07) is 6.92. The van der Waals surface area contributed by atoms with Crippen LogP contribution in [0, 0.1) is 0 Å². The molecule has 7 heteroatoms. The number of anilines is 1. The molecule has 27 heavy (non-hydrogen) atoms. The lowest BCUT2D eigenvalue weighted by atomic mass is 10.2. The third-order valence-electron chi connectivity index (χ3n) is 4.05. The number of carbonyl (C=O) groups excluding carboxylic acids is 1. The average molecular weight is 372 g/mol. The Morgan fingerprint density at radius 2 is 1.89 bits per heavy atom. The molecule has 0 aliphatic carbocycles. The van der Waals surface area contributed by atoms with Crippen LogP contribution in [0.4, 0.5) is 10.1 Å². The van der Waals surface area contributed by atoms with Crippen molar-refractivity contribution in [2.75, 3.05) is 38.4 Å². The summed E-state index contributed by atoms with van der Waals surface area (Å²) < 4.78 is 17.0. The Morgan fingerprint density at radius 3 is 2.44 bits per heavy atom. The number of nitrogens with one attached hydrogen (secondary N) is 1. The van der Waals surface area contributed by atoms with Gasteiger partial charge in [0.1, 0.15) is 5.75 Å². The molecule has 1 aromatic rings. The minimum absolute atomic E-state index is 0.0610. The van der Waals surface area contributed by atoms with Crippen molar-refractivity contribution >= 4 is 17.4 Å². The summed E-state index contributed by atoms with van der Waals surface area (Å²) in [6.45, 7) is 11.2. The highest BCUT2D eigenvalue weighted by molar-refractivity contribution is 6.00. The van der Waals surface area contributed by atoms with Crippen LogP contribution < -0.4 is 10.1 Å². The van der Waals surface area contributed by atoms with Crippen LogP contribution in [-0.4, -0.2) is 54.6 Å². The number of piperazine rings is 1. The van der Waals surface area contributed by atoms with Crippen molar-refractivity contribution in [2.24, 2.45) is 4.99 Å². The van der Waals surface area contributed by atoms with Crippen molar-refractivity contribution < 1.29 is 13.9 Å². The molecule has 0 unspecified atom stereocenters. The molecule has 0 atom stereocenters. The number of aliphatic imine (C=N–C) groups is 1. The molecule has 1 aliphatic rings. The first kappa shape index (κ1) is 20.2. The van der Waals surface area contributed by atoms with Crippen molar-refractivity contribution in [1.82, 2.24) is 9.80 Å². The Hall–Kier alpha value is -3.09. The Kier molecular flexibility index (Phi) is 7.61. The molecule has 1 heterocycles. The number of hydrogen-bond donors (Lipinski definition) is 1. The lowest BCUT2D eigenvalue weighted by Crippen LogP contribution is -2.51. The van der Waals surface area contributed by atoms with E-state index in [0.717, 1.165) is 5.69 Å². The molecular formula is C20H25FN4O2. The quantitative estimate of drug-likeness (QED) is 0.454. The van der Waals surface area contributed by atoms with E-state index in [9.17, 15) is 9.18 Å². The second-order valence-corrected chi connectivity index (χ2v) is 5.83. The van der Waals surface area contributed by atoms with E-state index in [1.54, 1.807) is 35.4 Å². The molecule has 1 amide bonds. The minimum atomic E-state index is -0.861. The lowest BCUT2D eigenvalue weighted by molar-refractivity contribution is -0.127. The molecule has 1 saturated heterocycles. The van der Waals surface area contributed by atoms with Crippen LogP contribution in [0.3, 0.4) is 0 Å². The zero-order valence-corrected chi connectivity index (χ0v) is 15.5. The number of amides is 1. The van der Waals surface area contributed by atoms with Crippen molar-refractivity contribution in [1.29, 1.82) is 0 Å². The van der Waals surface area contributed by atoms with Gasteiger partial charge >= 0.3 is 0 Å². The summed E-state index contributed by atoms with van der Waals surface area (Å²) >= 11 is 0. The van der Waals surface area contributed by atoms with E-state index in [1.165, 1.54) is 6.08 Å². The van der Waals surface area contributed by atoms with E-state index in [1.807, 2.05) is 13.0 Å². The van der Waals surface area contributed by atoms with Crippen LogP contribution >= 0.6 is 0 Å². The number of ether oxygens (including phenoxy) is 1. The number of carbonyl (C=O) groups is 1. The van der Waals surface area contributed by atoms with E-state index in [0.29, 0.717) is 43.5 Å². The van der Waals surface area contributed by atoms with Gasteiger partial charge in [0, 0.05) is 38.1 Å². The number of allylic oxidation sites excluding steroid dienone is 1. The molecule has 0 spiro atoms. The van der Waals surface area contributed by atoms with E-state index >= 15 is 0 Å². The van der Waals surface area contributed by atoms with Crippen LogP contribution in [0.5, 0.6) is 5.75 Å². The fourth-order valence-corrected chi connectivity index (χ4v) is 2.69. The summed E-state index contributed by atoms with van der Waals surface area (Å²) in [7, 11) is 0. The SMILES string of the molecule is C=CC(=O)N1CCN(/C(=N/C=C\C)C(=C)Nc2ccc(OCF)cc2)CC1. The molecule has 2 rings (SSSR count). The number of rotatable bonds is 7. The fourth-order valence-electron chi connectivity index (χ4n) is 2.69. The molecule has 0 aromatic heterocycles. The largest absolute Gasteiger partial charge is 0.463 e.